The van der Waals surface area contributed by atoms with Crippen LogP contribution in [0.2, 0.25) is 0 Å². The van der Waals surface area contributed by atoms with Gasteiger partial charge < -0.3 is 4.74 Å². The quantitative estimate of drug-likeness (QED) is 0.773. The Balaban J connectivity index is 1.98. The molecule has 1 fully saturated rings. The van der Waals surface area contributed by atoms with Gasteiger partial charge in [-0.2, -0.15) is 5.26 Å². The average Bonchev–Trinajstić information content (AvgIpc) is 2.85. The Hall–Kier alpha value is -1.70. The van der Waals surface area contributed by atoms with Crippen molar-refractivity contribution in [2.75, 3.05) is 20.2 Å². The van der Waals surface area contributed by atoms with Gasteiger partial charge in [-0.15, -0.1) is 0 Å². The highest BCUT2D eigenvalue weighted by atomic mass is 16.5. The number of carbonyl (C=O) groups is 1. The third kappa shape index (κ3) is 3.19. The number of rotatable bonds is 4. The van der Waals surface area contributed by atoms with Gasteiger partial charge in [0.1, 0.15) is 0 Å². The molecule has 0 radical (unpaired) electrons. The second kappa shape index (κ2) is 5.96. The SMILES string of the molecule is CC1OCCC1N(C)CC(=O)c1ccc(C#N)cc1. The molecule has 1 aliphatic rings. The summed E-state index contributed by atoms with van der Waals surface area (Å²) in [6.07, 6.45) is 1.15. The van der Waals surface area contributed by atoms with E-state index in [1.807, 2.05) is 20.0 Å². The largest absolute Gasteiger partial charge is 0.377 e. The minimum atomic E-state index is 0.0751. The van der Waals surface area contributed by atoms with Gasteiger partial charge in [-0.25, -0.2) is 0 Å². The summed E-state index contributed by atoms with van der Waals surface area (Å²) in [6.45, 7) is 3.19. The van der Waals surface area contributed by atoms with Crippen molar-refractivity contribution in [2.45, 2.75) is 25.5 Å². The van der Waals surface area contributed by atoms with Gasteiger partial charge in [-0.1, -0.05) is 12.1 Å². The lowest BCUT2D eigenvalue weighted by Crippen LogP contribution is -2.39. The Morgan fingerprint density at radius 3 is 2.68 bits per heavy atom. The van der Waals surface area contributed by atoms with E-state index in [-0.39, 0.29) is 11.9 Å². The first-order chi connectivity index (χ1) is 9.11. The van der Waals surface area contributed by atoms with E-state index >= 15 is 0 Å². The highest BCUT2D eigenvalue weighted by molar-refractivity contribution is 5.97. The van der Waals surface area contributed by atoms with Crippen LogP contribution >= 0.6 is 0 Å². The van der Waals surface area contributed by atoms with E-state index in [0.717, 1.165) is 13.0 Å². The predicted molar refractivity (Wildman–Crippen MR) is 71.9 cm³/mol. The molecule has 1 saturated heterocycles. The average molecular weight is 258 g/mol. The summed E-state index contributed by atoms with van der Waals surface area (Å²) in [6, 6.07) is 9.13. The lowest BCUT2D eigenvalue weighted by molar-refractivity contribution is 0.0746. The molecule has 0 aromatic heterocycles. The topological polar surface area (TPSA) is 53.3 Å². The van der Waals surface area contributed by atoms with Crippen molar-refractivity contribution in [2.24, 2.45) is 0 Å². The Morgan fingerprint density at radius 2 is 2.16 bits per heavy atom. The molecule has 0 aliphatic carbocycles. The second-order valence-corrected chi connectivity index (χ2v) is 4.96. The molecule has 1 heterocycles. The van der Waals surface area contributed by atoms with Gasteiger partial charge >= 0.3 is 0 Å². The minimum Gasteiger partial charge on any atom is -0.377 e. The Bertz CT molecular complexity index is 490. The van der Waals surface area contributed by atoms with Crippen LogP contribution in [-0.2, 0) is 4.74 Å². The number of ketones is 1. The molecule has 4 nitrogen and oxygen atoms in total. The van der Waals surface area contributed by atoms with Crippen LogP contribution in [0.4, 0.5) is 0 Å². The number of hydrogen-bond donors (Lipinski definition) is 0. The number of carbonyl (C=O) groups excluding carboxylic acids is 1. The van der Waals surface area contributed by atoms with Crippen molar-refractivity contribution in [3.05, 3.63) is 35.4 Å². The normalized spacial score (nSPS) is 22.4. The van der Waals surface area contributed by atoms with Crippen LogP contribution in [0, 0.1) is 11.3 Å². The fourth-order valence-corrected chi connectivity index (χ4v) is 2.46. The van der Waals surface area contributed by atoms with Crippen LogP contribution in [0.15, 0.2) is 24.3 Å². The van der Waals surface area contributed by atoms with Crippen LogP contribution in [-0.4, -0.2) is 43.0 Å². The molecule has 1 aromatic rings. The summed E-state index contributed by atoms with van der Waals surface area (Å²) in [7, 11) is 1.96. The summed E-state index contributed by atoms with van der Waals surface area (Å²) >= 11 is 0. The zero-order chi connectivity index (χ0) is 13.8. The van der Waals surface area contributed by atoms with E-state index < -0.39 is 0 Å². The van der Waals surface area contributed by atoms with Gasteiger partial charge in [-0.05, 0) is 32.5 Å². The smallest absolute Gasteiger partial charge is 0.176 e. The Labute approximate surface area is 113 Å². The van der Waals surface area contributed by atoms with E-state index in [0.29, 0.717) is 23.7 Å². The van der Waals surface area contributed by atoms with E-state index in [1.165, 1.54) is 0 Å². The number of likely N-dealkylation sites (N-methyl/N-ethyl adjacent to an activating group) is 1. The van der Waals surface area contributed by atoms with Crippen LogP contribution < -0.4 is 0 Å². The maximum Gasteiger partial charge on any atom is 0.176 e. The van der Waals surface area contributed by atoms with Crippen molar-refractivity contribution in [1.29, 1.82) is 5.26 Å². The molecule has 4 heteroatoms. The molecule has 1 aliphatic heterocycles. The molecule has 19 heavy (non-hydrogen) atoms. The number of Topliss-reactive ketones (excluding diaryl/α,β-unsaturated/α-hetero) is 1. The van der Waals surface area contributed by atoms with Crippen LogP contribution in [0.1, 0.15) is 29.3 Å². The molecule has 0 spiro atoms. The summed E-state index contributed by atoms with van der Waals surface area (Å²) < 4.78 is 5.52. The van der Waals surface area contributed by atoms with E-state index in [9.17, 15) is 4.79 Å². The van der Waals surface area contributed by atoms with Gasteiger partial charge in [0, 0.05) is 18.2 Å². The van der Waals surface area contributed by atoms with E-state index in [2.05, 4.69) is 4.90 Å². The minimum absolute atomic E-state index is 0.0751. The van der Waals surface area contributed by atoms with E-state index in [4.69, 9.17) is 10.00 Å². The first-order valence-corrected chi connectivity index (χ1v) is 6.47. The zero-order valence-electron chi connectivity index (χ0n) is 11.3. The summed E-state index contributed by atoms with van der Waals surface area (Å²) in [4.78, 5) is 14.2. The molecule has 2 unspecified atom stereocenters. The molecule has 0 saturated carbocycles. The van der Waals surface area contributed by atoms with Crippen molar-refractivity contribution < 1.29 is 9.53 Å². The van der Waals surface area contributed by atoms with Crippen molar-refractivity contribution >= 4 is 5.78 Å². The Kier molecular flexibility index (Phi) is 4.31. The zero-order valence-corrected chi connectivity index (χ0v) is 11.3. The molecule has 0 amide bonds. The lowest BCUT2D eigenvalue weighted by Gasteiger charge is -2.25. The number of ether oxygens (including phenoxy) is 1. The molecular formula is C15H18N2O2. The maximum absolute atomic E-state index is 12.2. The molecule has 2 rings (SSSR count). The first kappa shape index (κ1) is 13.7. The fourth-order valence-electron chi connectivity index (χ4n) is 2.46. The predicted octanol–water partition coefficient (Wildman–Crippen LogP) is 1.85. The molecule has 0 bridgehead atoms. The second-order valence-electron chi connectivity index (χ2n) is 4.96. The van der Waals surface area contributed by atoms with Gasteiger partial charge in [0.2, 0.25) is 0 Å². The van der Waals surface area contributed by atoms with E-state index in [1.54, 1.807) is 24.3 Å². The maximum atomic E-state index is 12.2. The number of nitrogens with zero attached hydrogens (tertiary/aromatic N) is 2. The van der Waals surface area contributed by atoms with Crippen LogP contribution in [0.25, 0.3) is 0 Å². The number of nitriles is 1. The molecule has 1 aromatic carbocycles. The van der Waals surface area contributed by atoms with Gasteiger partial charge in [0.15, 0.2) is 5.78 Å². The van der Waals surface area contributed by atoms with Crippen molar-refractivity contribution in [3.63, 3.8) is 0 Å². The molecule has 2 atom stereocenters. The number of benzene rings is 1. The summed E-state index contributed by atoms with van der Waals surface area (Å²) in [5.74, 6) is 0.0751. The van der Waals surface area contributed by atoms with Crippen molar-refractivity contribution in [1.82, 2.24) is 4.90 Å². The molecule has 0 N–H and O–H groups in total. The standard InChI is InChI=1S/C15H18N2O2/c1-11-14(7-8-19-11)17(2)10-15(18)13-5-3-12(9-16)4-6-13/h3-6,11,14H,7-8,10H2,1-2H3. The fraction of sp³-hybridized carbons (Fsp3) is 0.467. The van der Waals surface area contributed by atoms with Gasteiger partial charge in [0.25, 0.3) is 0 Å². The summed E-state index contributed by atoms with van der Waals surface area (Å²) in [5, 5.41) is 8.73. The first-order valence-electron chi connectivity index (χ1n) is 6.47. The lowest BCUT2D eigenvalue weighted by atomic mass is 10.1. The van der Waals surface area contributed by atoms with Gasteiger partial charge in [-0.3, -0.25) is 9.69 Å². The third-order valence-corrected chi connectivity index (χ3v) is 3.63. The van der Waals surface area contributed by atoms with Gasteiger partial charge in [0.05, 0.1) is 24.3 Å². The monoisotopic (exact) mass is 258 g/mol. The third-order valence-electron chi connectivity index (χ3n) is 3.63. The van der Waals surface area contributed by atoms with Crippen molar-refractivity contribution in [3.8, 4) is 6.07 Å². The molecule has 100 valence electrons. The van der Waals surface area contributed by atoms with Crippen LogP contribution in [0.5, 0.6) is 0 Å². The number of hydrogen-bond acceptors (Lipinski definition) is 4. The van der Waals surface area contributed by atoms with Crippen LogP contribution in [0.3, 0.4) is 0 Å². The highest BCUT2D eigenvalue weighted by Crippen LogP contribution is 2.18. The Morgan fingerprint density at radius 1 is 1.47 bits per heavy atom. The summed E-state index contributed by atoms with van der Waals surface area (Å²) in [5.41, 5.74) is 1.22. The molecular weight excluding hydrogens is 240 g/mol. The highest BCUT2D eigenvalue weighted by Gasteiger charge is 2.28.